The van der Waals surface area contributed by atoms with E-state index in [1.165, 1.54) is 0 Å². The van der Waals surface area contributed by atoms with Gasteiger partial charge in [-0.15, -0.1) is 0 Å². The lowest BCUT2D eigenvalue weighted by atomic mass is 10.1. The van der Waals surface area contributed by atoms with Crippen molar-refractivity contribution in [3.8, 4) is 5.75 Å². The molecule has 1 aromatic carbocycles. The van der Waals surface area contributed by atoms with Gasteiger partial charge in [-0.05, 0) is 48.7 Å². The molecule has 5 nitrogen and oxygen atoms in total. The maximum absolute atomic E-state index is 12.3. The van der Waals surface area contributed by atoms with E-state index in [-0.39, 0.29) is 5.91 Å². The van der Waals surface area contributed by atoms with Gasteiger partial charge in [0, 0.05) is 24.0 Å². The molecule has 0 fully saturated rings. The van der Waals surface area contributed by atoms with Gasteiger partial charge in [-0.2, -0.15) is 0 Å². The number of ether oxygens (including phenoxy) is 1. The summed E-state index contributed by atoms with van der Waals surface area (Å²) < 4.78 is 5.10. The molecule has 0 saturated carbocycles. The molecule has 5 heteroatoms. The monoisotopic (exact) mass is 313 g/mol. The second kappa shape index (κ2) is 8.17. The molecule has 1 heterocycles. The van der Waals surface area contributed by atoms with Gasteiger partial charge >= 0.3 is 0 Å². The maximum atomic E-state index is 12.3. The molecule has 2 aromatic rings. The summed E-state index contributed by atoms with van der Waals surface area (Å²) in [5.41, 5.74) is 1.30. The van der Waals surface area contributed by atoms with E-state index in [1.807, 2.05) is 0 Å². The topological polar surface area (TPSA) is 63.2 Å². The van der Waals surface area contributed by atoms with E-state index in [2.05, 4.69) is 29.5 Å². The molecule has 0 atom stereocenters. The Bertz CT molecular complexity index is 639. The van der Waals surface area contributed by atoms with Crippen molar-refractivity contribution in [1.82, 2.24) is 4.98 Å². The van der Waals surface area contributed by atoms with Crippen LogP contribution in [0, 0.1) is 5.92 Å². The predicted molar refractivity (Wildman–Crippen MR) is 93.1 cm³/mol. The SMILES string of the molecule is COc1ccc(NC(=O)c2ccnc(NCCC(C)C)c2)cc1. The minimum absolute atomic E-state index is 0.163. The summed E-state index contributed by atoms with van der Waals surface area (Å²) in [5.74, 6) is 1.94. The first-order valence-electron chi connectivity index (χ1n) is 7.74. The number of rotatable bonds is 7. The van der Waals surface area contributed by atoms with Crippen LogP contribution in [0.15, 0.2) is 42.6 Å². The molecule has 0 aliphatic heterocycles. The Morgan fingerprint density at radius 2 is 1.96 bits per heavy atom. The molecule has 1 aromatic heterocycles. The molecule has 0 aliphatic carbocycles. The normalized spacial score (nSPS) is 10.4. The quantitative estimate of drug-likeness (QED) is 0.816. The first kappa shape index (κ1) is 16.8. The summed E-state index contributed by atoms with van der Waals surface area (Å²) in [5, 5.41) is 6.10. The minimum Gasteiger partial charge on any atom is -0.497 e. The predicted octanol–water partition coefficient (Wildman–Crippen LogP) is 3.80. The van der Waals surface area contributed by atoms with Crippen LogP contribution < -0.4 is 15.4 Å². The summed E-state index contributed by atoms with van der Waals surface area (Å²) in [6.45, 7) is 5.19. The van der Waals surface area contributed by atoms with Crippen molar-refractivity contribution in [2.24, 2.45) is 5.92 Å². The summed E-state index contributed by atoms with van der Waals surface area (Å²) in [7, 11) is 1.61. The Morgan fingerprint density at radius 3 is 2.61 bits per heavy atom. The van der Waals surface area contributed by atoms with Crippen molar-refractivity contribution >= 4 is 17.4 Å². The maximum Gasteiger partial charge on any atom is 0.255 e. The largest absolute Gasteiger partial charge is 0.497 e. The van der Waals surface area contributed by atoms with E-state index in [4.69, 9.17) is 4.74 Å². The standard InChI is InChI=1S/C18H23N3O2/c1-13(2)8-10-19-17-12-14(9-11-20-17)18(22)21-15-4-6-16(23-3)7-5-15/h4-7,9,11-13H,8,10H2,1-3H3,(H,19,20)(H,21,22). The van der Waals surface area contributed by atoms with Crippen LogP contribution in [0.5, 0.6) is 5.75 Å². The highest BCUT2D eigenvalue weighted by atomic mass is 16.5. The molecule has 0 spiro atoms. The van der Waals surface area contributed by atoms with Gasteiger partial charge in [-0.3, -0.25) is 4.79 Å². The molecule has 2 rings (SSSR count). The van der Waals surface area contributed by atoms with Gasteiger partial charge in [-0.1, -0.05) is 13.8 Å². The van der Waals surface area contributed by atoms with Crippen LogP contribution in [0.4, 0.5) is 11.5 Å². The van der Waals surface area contributed by atoms with Crippen LogP contribution in [0.2, 0.25) is 0 Å². The smallest absolute Gasteiger partial charge is 0.255 e. The van der Waals surface area contributed by atoms with Crippen molar-refractivity contribution in [1.29, 1.82) is 0 Å². The van der Waals surface area contributed by atoms with E-state index in [0.29, 0.717) is 17.3 Å². The number of nitrogens with zero attached hydrogens (tertiary/aromatic N) is 1. The lowest BCUT2D eigenvalue weighted by Crippen LogP contribution is -2.13. The first-order valence-corrected chi connectivity index (χ1v) is 7.74. The lowest BCUT2D eigenvalue weighted by molar-refractivity contribution is 0.102. The number of carbonyl (C=O) groups excluding carboxylic acids is 1. The Labute approximate surface area is 137 Å². The molecule has 0 bridgehead atoms. The Morgan fingerprint density at radius 1 is 1.22 bits per heavy atom. The number of hydrogen-bond donors (Lipinski definition) is 2. The van der Waals surface area contributed by atoms with Crippen molar-refractivity contribution in [2.45, 2.75) is 20.3 Å². The molecule has 122 valence electrons. The molecule has 23 heavy (non-hydrogen) atoms. The second-order valence-electron chi connectivity index (χ2n) is 5.72. The lowest BCUT2D eigenvalue weighted by Gasteiger charge is -2.09. The number of carbonyl (C=O) groups is 1. The number of aromatic nitrogens is 1. The van der Waals surface area contributed by atoms with Gasteiger partial charge in [0.2, 0.25) is 0 Å². The number of hydrogen-bond acceptors (Lipinski definition) is 4. The number of amides is 1. The average Bonchev–Trinajstić information content (AvgIpc) is 2.55. The van der Waals surface area contributed by atoms with Gasteiger partial charge in [-0.25, -0.2) is 4.98 Å². The number of anilines is 2. The fourth-order valence-corrected chi connectivity index (χ4v) is 2.03. The number of pyridine rings is 1. The van der Waals surface area contributed by atoms with Crippen LogP contribution in [-0.4, -0.2) is 24.5 Å². The molecular weight excluding hydrogens is 290 g/mol. The van der Waals surface area contributed by atoms with Crippen LogP contribution in [-0.2, 0) is 0 Å². The van der Waals surface area contributed by atoms with Crippen LogP contribution in [0.1, 0.15) is 30.6 Å². The molecule has 0 aliphatic rings. The zero-order valence-electron chi connectivity index (χ0n) is 13.8. The van der Waals surface area contributed by atoms with Gasteiger partial charge < -0.3 is 15.4 Å². The second-order valence-corrected chi connectivity index (χ2v) is 5.72. The van der Waals surface area contributed by atoms with Gasteiger partial charge in [0.1, 0.15) is 11.6 Å². The van der Waals surface area contributed by atoms with Crippen molar-refractivity contribution < 1.29 is 9.53 Å². The minimum atomic E-state index is -0.163. The molecular formula is C18H23N3O2. The van der Waals surface area contributed by atoms with Crippen LogP contribution in [0.3, 0.4) is 0 Å². The molecule has 1 amide bonds. The first-order chi connectivity index (χ1) is 11.1. The third-order valence-electron chi connectivity index (χ3n) is 3.40. The van der Waals surface area contributed by atoms with Crippen molar-refractivity contribution in [3.63, 3.8) is 0 Å². The Balaban J connectivity index is 1.98. The highest BCUT2D eigenvalue weighted by Crippen LogP contribution is 2.16. The van der Waals surface area contributed by atoms with Gasteiger partial charge in [0.25, 0.3) is 5.91 Å². The zero-order chi connectivity index (χ0) is 16.7. The average molecular weight is 313 g/mol. The van der Waals surface area contributed by atoms with E-state index in [0.717, 1.165) is 24.4 Å². The fraction of sp³-hybridized carbons (Fsp3) is 0.333. The Hall–Kier alpha value is -2.56. The highest BCUT2D eigenvalue weighted by molar-refractivity contribution is 6.04. The van der Waals surface area contributed by atoms with E-state index in [1.54, 1.807) is 49.7 Å². The molecule has 0 saturated heterocycles. The zero-order valence-corrected chi connectivity index (χ0v) is 13.8. The third kappa shape index (κ3) is 5.29. The van der Waals surface area contributed by atoms with Crippen LogP contribution in [0.25, 0.3) is 0 Å². The Kier molecular flexibility index (Phi) is 5.97. The summed E-state index contributed by atoms with van der Waals surface area (Å²) in [6, 6.07) is 10.7. The van der Waals surface area contributed by atoms with Crippen molar-refractivity contribution in [2.75, 3.05) is 24.3 Å². The van der Waals surface area contributed by atoms with Crippen molar-refractivity contribution in [3.05, 3.63) is 48.2 Å². The molecule has 2 N–H and O–H groups in total. The molecule has 0 unspecified atom stereocenters. The number of nitrogens with one attached hydrogen (secondary N) is 2. The summed E-state index contributed by atoms with van der Waals surface area (Å²) >= 11 is 0. The highest BCUT2D eigenvalue weighted by Gasteiger charge is 2.07. The van der Waals surface area contributed by atoms with E-state index >= 15 is 0 Å². The molecule has 0 radical (unpaired) electrons. The summed E-state index contributed by atoms with van der Waals surface area (Å²) in [4.78, 5) is 16.5. The van der Waals surface area contributed by atoms with Gasteiger partial charge in [0.05, 0.1) is 7.11 Å². The number of benzene rings is 1. The fourth-order valence-electron chi connectivity index (χ4n) is 2.03. The van der Waals surface area contributed by atoms with E-state index in [9.17, 15) is 4.79 Å². The number of methoxy groups -OCH3 is 1. The van der Waals surface area contributed by atoms with Crippen LogP contribution >= 0.6 is 0 Å². The van der Waals surface area contributed by atoms with Gasteiger partial charge in [0.15, 0.2) is 0 Å². The third-order valence-corrected chi connectivity index (χ3v) is 3.40. The van der Waals surface area contributed by atoms with E-state index < -0.39 is 0 Å². The summed E-state index contributed by atoms with van der Waals surface area (Å²) in [6.07, 6.45) is 2.70.